The van der Waals surface area contributed by atoms with Crippen LogP contribution in [0.2, 0.25) is 0 Å². The van der Waals surface area contributed by atoms with Crippen molar-refractivity contribution >= 4 is 16.8 Å². The van der Waals surface area contributed by atoms with Crippen molar-refractivity contribution in [3.05, 3.63) is 59.9 Å². The van der Waals surface area contributed by atoms with Gasteiger partial charge in [0, 0.05) is 23.0 Å². The third-order valence-electron chi connectivity index (χ3n) is 5.03. The molecule has 2 aromatic carbocycles. The van der Waals surface area contributed by atoms with Gasteiger partial charge in [0.15, 0.2) is 0 Å². The van der Waals surface area contributed by atoms with Crippen LogP contribution in [0.1, 0.15) is 37.8 Å². The van der Waals surface area contributed by atoms with Crippen molar-refractivity contribution in [3.63, 3.8) is 0 Å². The smallest absolute Gasteiger partial charge is 0.225 e. The number of H-pyrrole nitrogens is 1. The Balaban J connectivity index is 1.82. The van der Waals surface area contributed by atoms with Gasteiger partial charge in [-0.2, -0.15) is 0 Å². The van der Waals surface area contributed by atoms with E-state index in [0.29, 0.717) is 6.42 Å². The first-order valence-electron chi connectivity index (χ1n) is 8.85. The van der Waals surface area contributed by atoms with Crippen LogP contribution in [0.5, 0.6) is 0 Å². The normalized spacial score (nSPS) is 17.1. The molecule has 1 N–H and O–H groups in total. The number of benzene rings is 2. The monoisotopic (exact) mass is 336 g/mol. The number of hydrogen-bond donors (Lipinski definition) is 1. The maximum Gasteiger partial charge on any atom is 0.225 e. The van der Waals surface area contributed by atoms with Crippen molar-refractivity contribution < 1.29 is 9.18 Å². The van der Waals surface area contributed by atoms with E-state index in [9.17, 15) is 9.18 Å². The summed E-state index contributed by atoms with van der Waals surface area (Å²) in [5.74, 6) is -0.0291. The highest BCUT2D eigenvalue weighted by Crippen LogP contribution is 2.43. The highest BCUT2D eigenvalue weighted by molar-refractivity contribution is 5.94. The third-order valence-corrected chi connectivity index (χ3v) is 5.03. The minimum atomic E-state index is -0.246. The van der Waals surface area contributed by atoms with Crippen molar-refractivity contribution in [1.29, 1.82) is 0 Å². The molecule has 0 bridgehead atoms. The number of unbranched alkanes of at least 4 members (excludes halogenated alkanes) is 1. The number of likely N-dealkylation sites (tertiary alicyclic amines) is 1. The van der Waals surface area contributed by atoms with Crippen LogP contribution in [-0.4, -0.2) is 22.3 Å². The second-order valence-electron chi connectivity index (χ2n) is 6.63. The lowest BCUT2D eigenvalue weighted by Gasteiger charge is -2.41. The number of carbonyl (C=O) groups is 1. The molecule has 1 aromatic heterocycles. The molecule has 3 nitrogen and oxygen atoms in total. The summed E-state index contributed by atoms with van der Waals surface area (Å²) in [5, 5.41) is 1.14. The molecular formula is C21H21FN2O. The molecule has 1 aliphatic rings. The Morgan fingerprint density at radius 3 is 2.64 bits per heavy atom. The third kappa shape index (κ3) is 2.72. The Hall–Kier alpha value is -2.62. The topological polar surface area (TPSA) is 36.1 Å². The number of fused-ring (bicyclic) bond motifs is 1. The predicted molar refractivity (Wildman–Crippen MR) is 97.7 cm³/mol. The van der Waals surface area contributed by atoms with Gasteiger partial charge in [0.25, 0.3) is 0 Å². The number of halogens is 1. The Kier molecular flexibility index (Phi) is 4.04. The molecule has 0 aliphatic carbocycles. The van der Waals surface area contributed by atoms with Gasteiger partial charge < -0.3 is 9.88 Å². The molecule has 1 atom stereocenters. The molecule has 1 aliphatic heterocycles. The quantitative estimate of drug-likeness (QED) is 0.651. The van der Waals surface area contributed by atoms with Gasteiger partial charge in [0.1, 0.15) is 5.82 Å². The van der Waals surface area contributed by atoms with E-state index in [4.69, 9.17) is 0 Å². The number of carbonyl (C=O) groups excluding carboxylic acids is 1. The van der Waals surface area contributed by atoms with Gasteiger partial charge >= 0.3 is 0 Å². The zero-order chi connectivity index (χ0) is 17.4. The molecule has 1 fully saturated rings. The van der Waals surface area contributed by atoms with Gasteiger partial charge in [-0.15, -0.1) is 0 Å². The van der Waals surface area contributed by atoms with E-state index in [-0.39, 0.29) is 17.8 Å². The maximum atomic E-state index is 13.3. The Morgan fingerprint density at radius 2 is 1.92 bits per heavy atom. The largest absolute Gasteiger partial charge is 0.354 e. The first-order valence-corrected chi connectivity index (χ1v) is 8.85. The average Bonchev–Trinajstić information content (AvgIpc) is 2.99. The molecule has 4 heteroatoms. The molecule has 3 aromatic rings. The molecule has 0 spiro atoms. The number of nitrogens with zero attached hydrogens (tertiary/aromatic N) is 1. The standard InChI is InChI=1S/C21H21FN2O/c1-2-3-12-24-18(13-19(24)25)20-16-6-4-5-7-17(16)23-21(20)14-8-10-15(22)11-9-14/h4-11,18,23H,2-3,12-13H2,1H3. The van der Waals surface area contributed by atoms with Crippen LogP contribution in [0, 0.1) is 5.82 Å². The molecule has 4 rings (SSSR count). The van der Waals surface area contributed by atoms with Gasteiger partial charge in [-0.05, 0) is 42.3 Å². The van der Waals surface area contributed by atoms with Crippen molar-refractivity contribution in [1.82, 2.24) is 9.88 Å². The number of para-hydroxylation sites is 1. The second-order valence-corrected chi connectivity index (χ2v) is 6.63. The minimum absolute atomic E-state index is 0.0928. The zero-order valence-electron chi connectivity index (χ0n) is 14.3. The van der Waals surface area contributed by atoms with Crippen LogP contribution < -0.4 is 0 Å². The summed E-state index contributed by atoms with van der Waals surface area (Å²) < 4.78 is 13.3. The molecule has 1 amide bonds. The highest BCUT2D eigenvalue weighted by atomic mass is 19.1. The van der Waals surface area contributed by atoms with Gasteiger partial charge in [-0.3, -0.25) is 4.79 Å². The lowest BCUT2D eigenvalue weighted by atomic mass is 9.89. The molecule has 25 heavy (non-hydrogen) atoms. The fourth-order valence-electron chi connectivity index (χ4n) is 3.68. The Bertz CT molecular complexity index is 913. The number of amides is 1. The van der Waals surface area contributed by atoms with Gasteiger partial charge in [0.05, 0.1) is 18.2 Å². The highest BCUT2D eigenvalue weighted by Gasteiger charge is 2.39. The molecule has 0 saturated carbocycles. The van der Waals surface area contributed by atoms with Gasteiger partial charge in [-0.25, -0.2) is 4.39 Å². The van der Waals surface area contributed by atoms with Gasteiger partial charge in [-0.1, -0.05) is 31.5 Å². The van der Waals surface area contributed by atoms with Crippen LogP contribution in [0.3, 0.4) is 0 Å². The summed E-state index contributed by atoms with van der Waals surface area (Å²) in [6.45, 7) is 2.93. The number of hydrogen-bond acceptors (Lipinski definition) is 1. The lowest BCUT2D eigenvalue weighted by Crippen LogP contribution is -2.46. The number of nitrogens with one attached hydrogen (secondary N) is 1. The first kappa shape index (κ1) is 15.9. The Morgan fingerprint density at radius 1 is 1.16 bits per heavy atom. The SMILES string of the molecule is CCCCN1C(=O)CC1c1c(-c2ccc(F)cc2)[nH]c2ccccc12. The zero-order valence-corrected chi connectivity index (χ0v) is 14.3. The number of rotatable bonds is 5. The summed E-state index contributed by atoms with van der Waals surface area (Å²) in [6.07, 6.45) is 2.62. The van der Waals surface area contributed by atoms with E-state index < -0.39 is 0 Å². The van der Waals surface area contributed by atoms with E-state index in [2.05, 4.69) is 18.0 Å². The van der Waals surface area contributed by atoms with E-state index in [0.717, 1.165) is 47.1 Å². The molecular weight excluding hydrogens is 315 g/mol. The van der Waals surface area contributed by atoms with Crippen LogP contribution in [-0.2, 0) is 4.79 Å². The number of aromatic amines is 1. The van der Waals surface area contributed by atoms with E-state index in [1.807, 2.05) is 23.1 Å². The summed E-state index contributed by atoms with van der Waals surface area (Å²) in [5.41, 5.74) is 4.13. The van der Waals surface area contributed by atoms with E-state index in [1.54, 1.807) is 12.1 Å². The lowest BCUT2D eigenvalue weighted by molar-refractivity contribution is -0.146. The van der Waals surface area contributed by atoms with Crippen molar-refractivity contribution in [2.45, 2.75) is 32.2 Å². The first-order chi connectivity index (χ1) is 12.2. The molecule has 128 valence electrons. The molecule has 1 unspecified atom stereocenters. The fourth-order valence-corrected chi connectivity index (χ4v) is 3.68. The second kappa shape index (κ2) is 6.36. The summed E-state index contributed by atoms with van der Waals surface area (Å²) >= 11 is 0. The van der Waals surface area contributed by atoms with Crippen LogP contribution in [0.25, 0.3) is 22.2 Å². The van der Waals surface area contributed by atoms with Crippen molar-refractivity contribution in [2.24, 2.45) is 0 Å². The van der Waals surface area contributed by atoms with Crippen molar-refractivity contribution in [3.8, 4) is 11.3 Å². The molecule has 2 heterocycles. The summed E-state index contributed by atoms with van der Waals surface area (Å²) in [4.78, 5) is 17.6. The molecule has 1 saturated heterocycles. The van der Waals surface area contributed by atoms with Crippen LogP contribution >= 0.6 is 0 Å². The van der Waals surface area contributed by atoms with Gasteiger partial charge in [0.2, 0.25) is 5.91 Å². The minimum Gasteiger partial charge on any atom is -0.354 e. The summed E-state index contributed by atoms with van der Waals surface area (Å²) in [7, 11) is 0. The van der Waals surface area contributed by atoms with E-state index in [1.165, 1.54) is 12.1 Å². The van der Waals surface area contributed by atoms with Crippen LogP contribution in [0.15, 0.2) is 48.5 Å². The summed E-state index contributed by atoms with van der Waals surface area (Å²) in [6, 6.07) is 14.8. The number of β-lactam (4-membered cyclic amide) rings is 1. The van der Waals surface area contributed by atoms with Crippen molar-refractivity contribution in [2.75, 3.05) is 6.54 Å². The average molecular weight is 336 g/mol. The number of aromatic nitrogens is 1. The maximum absolute atomic E-state index is 13.3. The van der Waals surface area contributed by atoms with Crippen LogP contribution in [0.4, 0.5) is 4.39 Å². The fraction of sp³-hybridized carbons (Fsp3) is 0.286. The van der Waals surface area contributed by atoms with E-state index >= 15 is 0 Å². The predicted octanol–water partition coefficient (Wildman–Crippen LogP) is 5.05. The molecule has 0 radical (unpaired) electrons. The Labute approximate surface area is 146 Å².